The first-order chi connectivity index (χ1) is 14.2. The average Bonchev–Trinajstić information content (AvgIpc) is 2.94. The Hall–Kier alpha value is -2.90. The van der Waals surface area contributed by atoms with E-state index in [1.165, 1.54) is 0 Å². The van der Waals surface area contributed by atoms with Gasteiger partial charge in [0.15, 0.2) is 6.61 Å². The number of urea groups is 1. The van der Waals surface area contributed by atoms with Crippen LogP contribution in [0.3, 0.4) is 0 Å². The number of nitrogens with one attached hydrogen (secondary N) is 2. The van der Waals surface area contributed by atoms with Crippen molar-refractivity contribution in [1.82, 2.24) is 10.2 Å². The molecule has 3 rings (SSSR count). The molecule has 0 bridgehead atoms. The minimum absolute atomic E-state index is 0.00974. The maximum atomic E-state index is 12.9. The molecule has 1 aromatic rings. The molecular formula is C22H29N3O5. The third-order valence-corrected chi connectivity index (χ3v) is 6.01. The first-order valence-electron chi connectivity index (χ1n) is 10.4. The fraction of sp³-hybridized carbons (Fsp3) is 0.545. The van der Waals surface area contributed by atoms with Crippen molar-refractivity contribution in [2.24, 2.45) is 5.92 Å². The molecule has 0 aromatic heterocycles. The lowest BCUT2D eigenvalue weighted by atomic mass is 9.73. The van der Waals surface area contributed by atoms with Crippen LogP contribution in [0, 0.1) is 5.92 Å². The lowest BCUT2D eigenvalue weighted by Crippen LogP contribution is -2.54. The van der Waals surface area contributed by atoms with Gasteiger partial charge in [-0.2, -0.15) is 0 Å². The van der Waals surface area contributed by atoms with Crippen molar-refractivity contribution in [2.45, 2.75) is 57.9 Å². The summed E-state index contributed by atoms with van der Waals surface area (Å²) in [5.41, 5.74) is 0.715. The Morgan fingerprint density at radius 2 is 2.00 bits per heavy atom. The molecule has 2 N–H and O–H groups in total. The third-order valence-electron chi connectivity index (χ3n) is 6.01. The minimum Gasteiger partial charge on any atom is -0.454 e. The fourth-order valence-electron chi connectivity index (χ4n) is 4.26. The molecule has 0 unspecified atom stereocenters. The molecule has 1 aliphatic carbocycles. The highest BCUT2D eigenvalue weighted by atomic mass is 16.5. The van der Waals surface area contributed by atoms with E-state index in [-0.39, 0.29) is 17.7 Å². The predicted molar refractivity (Wildman–Crippen MR) is 111 cm³/mol. The van der Waals surface area contributed by atoms with Gasteiger partial charge in [-0.3, -0.25) is 19.3 Å². The summed E-state index contributed by atoms with van der Waals surface area (Å²) in [6.45, 7) is 4.98. The highest BCUT2D eigenvalue weighted by molar-refractivity contribution is 6.09. The number of anilines is 1. The first-order valence-corrected chi connectivity index (χ1v) is 10.4. The van der Waals surface area contributed by atoms with Gasteiger partial charge in [-0.25, -0.2) is 4.79 Å². The molecule has 2 fully saturated rings. The zero-order valence-electron chi connectivity index (χ0n) is 17.7. The summed E-state index contributed by atoms with van der Waals surface area (Å²) >= 11 is 0. The molecular weight excluding hydrogens is 386 g/mol. The van der Waals surface area contributed by atoms with Gasteiger partial charge in [-0.05, 0) is 36.3 Å². The maximum absolute atomic E-state index is 12.9. The third kappa shape index (κ3) is 4.32. The highest BCUT2D eigenvalue weighted by Gasteiger charge is 2.55. The number of carbonyl (C=O) groups excluding carboxylic acids is 4. The van der Waals surface area contributed by atoms with Crippen LogP contribution in [0.4, 0.5) is 10.5 Å². The summed E-state index contributed by atoms with van der Waals surface area (Å²) in [5, 5.41) is 5.52. The Morgan fingerprint density at radius 3 is 2.70 bits per heavy atom. The van der Waals surface area contributed by atoms with E-state index >= 15 is 0 Å². The standard InChI is InChI=1S/C22H29N3O5/c1-14(2)16-9-4-5-10-17(16)23-18(26)13-30-19(27)12-25-20(28)22(24-21(25)29)11-7-6-8-15(22)3/h4-5,9-10,14-15H,6-8,11-13H2,1-3H3,(H,23,26)(H,24,29)/t15-,22+/m0/s1. The molecule has 1 saturated carbocycles. The summed E-state index contributed by atoms with van der Waals surface area (Å²) in [5.74, 6) is -1.43. The summed E-state index contributed by atoms with van der Waals surface area (Å²) < 4.78 is 5.01. The van der Waals surface area contributed by atoms with E-state index in [0.29, 0.717) is 12.1 Å². The molecule has 2 aliphatic rings. The Morgan fingerprint density at radius 1 is 1.27 bits per heavy atom. The topological polar surface area (TPSA) is 105 Å². The van der Waals surface area contributed by atoms with Crippen LogP contribution in [-0.2, 0) is 19.1 Å². The summed E-state index contributed by atoms with van der Waals surface area (Å²) in [4.78, 5) is 50.5. The van der Waals surface area contributed by atoms with Crippen molar-refractivity contribution in [3.05, 3.63) is 29.8 Å². The van der Waals surface area contributed by atoms with Crippen LogP contribution < -0.4 is 10.6 Å². The Balaban J connectivity index is 1.54. The zero-order chi connectivity index (χ0) is 21.9. The van der Waals surface area contributed by atoms with Gasteiger partial charge in [0.2, 0.25) is 0 Å². The maximum Gasteiger partial charge on any atom is 0.326 e. The summed E-state index contributed by atoms with van der Waals surface area (Å²) in [6, 6.07) is 6.83. The number of benzene rings is 1. The van der Waals surface area contributed by atoms with Gasteiger partial charge in [0.1, 0.15) is 12.1 Å². The summed E-state index contributed by atoms with van der Waals surface area (Å²) in [7, 11) is 0. The molecule has 8 heteroatoms. The van der Waals surface area contributed by atoms with Crippen molar-refractivity contribution >= 4 is 29.5 Å². The molecule has 1 heterocycles. The SMILES string of the molecule is CC(C)c1ccccc1NC(=O)COC(=O)CN1C(=O)N[C@@]2(CCCC[C@@H]2C)C1=O. The smallest absolute Gasteiger partial charge is 0.326 e. The molecule has 162 valence electrons. The number of hydrogen-bond acceptors (Lipinski definition) is 5. The van der Waals surface area contributed by atoms with Crippen LogP contribution in [0.15, 0.2) is 24.3 Å². The Bertz CT molecular complexity index is 853. The van der Waals surface area contributed by atoms with Crippen LogP contribution in [0.5, 0.6) is 0 Å². The second kappa shape index (κ2) is 8.85. The fourth-order valence-corrected chi connectivity index (χ4v) is 4.26. The minimum atomic E-state index is -0.923. The number of carbonyl (C=O) groups is 4. The van der Waals surface area contributed by atoms with Crippen molar-refractivity contribution in [2.75, 3.05) is 18.5 Å². The normalized spacial score (nSPS) is 23.6. The quantitative estimate of drug-likeness (QED) is 0.549. The van der Waals surface area contributed by atoms with Crippen LogP contribution >= 0.6 is 0 Å². The van der Waals surface area contributed by atoms with E-state index in [4.69, 9.17) is 4.74 Å². The van der Waals surface area contributed by atoms with Gasteiger partial charge in [0, 0.05) is 5.69 Å². The van der Waals surface area contributed by atoms with E-state index < -0.39 is 36.6 Å². The second-order valence-corrected chi connectivity index (χ2v) is 8.39. The van der Waals surface area contributed by atoms with Crippen molar-refractivity contribution in [1.29, 1.82) is 0 Å². The largest absolute Gasteiger partial charge is 0.454 e. The number of para-hydroxylation sites is 1. The Labute approximate surface area is 176 Å². The number of esters is 1. The highest BCUT2D eigenvalue weighted by Crippen LogP contribution is 2.38. The van der Waals surface area contributed by atoms with Gasteiger partial charge in [0.25, 0.3) is 11.8 Å². The number of amides is 4. The average molecular weight is 415 g/mol. The van der Waals surface area contributed by atoms with E-state index in [9.17, 15) is 19.2 Å². The molecule has 30 heavy (non-hydrogen) atoms. The van der Waals surface area contributed by atoms with Gasteiger partial charge < -0.3 is 15.4 Å². The molecule has 4 amide bonds. The van der Waals surface area contributed by atoms with Gasteiger partial charge in [-0.15, -0.1) is 0 Å². The lowest BCUT2D eigenvalue weighted by Gasteiger charge is -2.36. The molecule has 1 spiro atoms. The van der Waals surface area contributed by atoms with Crippen LogP contribution in [0.2, 0.25) is 0 Å². The van der Waals surface area contributed by atoms with Crippen LogP contribution in [-0.4, -0.2) is 47.4 Å². The number of ether oxygens (including phenoxy) is 1. The van der Waals surface area contributed by atoms with Gasteiger partial charge >= 0.3 is 12.0 Å². The molecule has 1 saturated heterocycles. The molecule has 8 nitrogen and oxygen atoms in total. The molecule has 2 atom stereocenters. The summed E-state index contributed by atoms with van der Waals surface area (Å²) in [6.07, 6.45) is 3.29. The number of imide groups is 1. The van der Waals surface area contributed by atoms with E-state index in [1.807, 2.05) is 39.0 Å². The van der Waals surface area contributed by atoms with Crippen LogP contribution in [0.1, 0.15) is 57.9 Å². The Kier molecular flexibility index (Phi) is 6.43. The van der Waals surface area contributed by atoms with E-state index in [2.05, 4.69) is 10.6 Å². The number of hydrogen-bond donors (Lipinski definition) is 2. The number of rotatable bonds is 6. The lowest BCUT2D eigenvalue weighted by molar-refractivity contribution is -0.150. The van der Waals surface area contributed by atoms with Gasteiger partial charge in [0.05, 0.1) is 0 Å². The predicted octanol–water partition coefficient (Wildman–Crippen LogP) is 2.79. The van der Waals surface area contributed by atoms with Crippen molar-refractivity contribution < 1.29 is 23.9 Å². The molecule has 1 aromatic carbocycles. The monoisotopic (exact) mass is 415 g/mol. The molecule has 1 aliphatic heterocycles. The van der Waals surface area contributed by atoms with E-state index in [0.717, 1.165) is 29.7 Å². The first kappa shape index (κ1) is 21.8. The molecule has 0 radical (unpaired) electrons. The second-order valence-electron chi connectivity index (χ2n) is 8.39. The van der Waals surface area contributed by atoms with Crippen molar-refractivity contribution in [3.8, 4) is 0 Å². The number of nitrogens with zero attached hydrogens (tertiary/aromatic N) is 1. The van der Waals surface area contributed by atoms with E-state index in [1.54, 1.807) is 6.07 Å². The zero-order valence-corrected chi connectivity index (χ0v) is 17.7. The van der Waals surface area contributed by atoms with Gasteiger partial charge in [-0.1, -0.05) is 51.8 Å². The van der Waals surface area contributed by atoms with Crippen molar-refractivity contribution in [3.63, 3.8) is 0 Å². The van der Waals surface area contributed by atoms with Crippen LogP contribution in [0.25, 0.3) is 0 Å².